The van der Waals surface area contributed by atoms with Crippen molar-refractivity contribution < 1.29 is 4.79 Å². The molecular formula is C15H31N5O. The molecule has 1 fully saturated rings. The van der Waals surface area contributed by atoms with Crippen LogP contribution in [0.25, 0.3) is 0 Å². The van der Waals surface area contributed by atoms with E-state index in [-0.39, 0.29) is 18.0 Å². The van der Waals surface area contributed by atoms with Crippen LogP contribution in [0.1, 0.15) is 40.0 Å². The van der Waals surface area contributed by atoms with Crippen LogP contribution < -0.4 is 16.0 Å². The van der Waals surface area contributed by atoms with Crippen LogP contribution in [0.4, 0.5) is 0 Å². The summed E-state index contributed by atoms with van der Waals surface area (Å²) >= 11 is 0. The second-order valence-electron chi connectivity index (χ2n) is 6.55. The Morgan fingerprint density at radius 3 is 2.38 bits per heavy atom. The second kappa shape index (κ2) is 8.87. The van der Waals surface area contributed by atoms with E-state index in [1.54, 1.807) is 7.05 Å². The van der Waals surface area contributed by atoms with E-state index in [0.717, 1.165) is 13.1 Å². The first-order chi connectivity index (χ1) is 9.90. The normalized spacial score (nSPS) is 17.4. The van der Waals surface area contributed by atoms with Crippen molar-refractivity contribution in [1.82, 2.24) is 20.9 Å². The number of nitrogens with zero attached hydrogens (tertiary/aromatic N) is 2. The standard InChI is InChI=1S/C15H31N5O/c1-15(2,3)19-13(21)12-18-14(16-4)17-8-11-20-9-6-5-7-10-20/h5-12H2,1-4H3,(H,19,21)(H2,16,17,18). The molecule has 0 atom stereocenters. The number of carbonyl (C=O) groups excluding carboxylic acids is 1. The molecule has 0 bridgehead atoms. The summed E-state index contributed by atoms with van der Waals surface area (Å²) in [4.78, 5) is 18.3. The van der Waals surface area contributed by atoms with Gasteiger partial charge in [0.25, 0.3) is 0 Å². The molecule has 0 aromatic carbocycles. The monoisotopic (exact) mass is 297 g/mol. The number of guanidine groups is 1. The van der Waals surface area contributed by atoms with Crippen LogP contribution >= 0.6 is 0 Å². The van der Waals surface area contributed by atoms with E-state index < -0.39 is 0 Å². The third-order valence-electron chi connectivity index (χ3n) is 3.32. The molecule has 1 rings (SSSR count). The van der Waals surface area contributed by atoms with Crippen molar-refractivity contribution >= 4 is 11.9 Å². The molecule has 3 N–H and O–H groups in total. The Morgan fingerprint density at radius 1 is 1.14 bits per heavy atom. The number of hydrogen-bond acceptors (Lipinski definition) is 3. The lowest BCUT2D eigenvalue weighted by Gasteiger charge is -2.26. The van der Waals surface area contributed by atoms with Gasteiger partial charge in [0, 0.05) is 25.7 Å². The van der Waals surface area contributed by atoms with Crippen LogP contribution in [0, 0.1) is 0 Å². The zero-order valence-electron chi connectivity index (χ0n) is 14.0. The minimum Gasteiger partial charge on any atom is -0.355 e. The fourth-order valence-corrected chi connectivity index (χ4v) is 2.36. The van der Waals surface area contributed by atoms with Gasteiger partial charge in [-0.3, -0.25) is 9.79 Å². The van der Waals surface area contributed by atoms with Crippen molar-refractivity contribution in [2.24, 2.45) is 4.99 Å². The lowest BCUT2D eigenvalue weighted by atomic mass is 10.1. The molecule has 0 unspecified atom stereocenters. The minimum absolute atomic E-state index is 0.0264. The van der Waals surface area contributed by atoms with Gasteiger partial charge >= 0.3 is 0 Å². The molecule has 1 saturated heterocycles. The van der Waals surface area contributed by atoms with Crippen LogP contribution in [-0.4, -0.2) is 62.1 Å². The summed E-state index contributed by atoms with van der Waals surface area (Å²) in [5.74, 6) is 0.651. The van der Waals surface area contributed by atoms with E-state index in [9.17, 15) is 4.79 Å². The van der Waals surface area contributed by atoms with Crippen LogP contribution in [-0.2, 0) is 4.79 Å². The molecule has 1 aliphatic heterocycles. The first kappa shape index (κ1) is 17.8. The molecule has 0 radical (unpaired) electrons. The molecule has 0 aliphatic carbocycles. The number of amides is 1. The molecule has 1 aliphatic rings. The van der Waals surface area contributed by atoms with Crippen molar-refractivity contribution in [3.63, 3.8) is 0 Å². The number of rotatable bonds is 5. The molecule has 21 heavy (non-hydrogen) atoms. The molecule has 0 aromatic heterocycles. The molecule has 6 nitrogen and oxygen atoms in total. The van der Waals surface area contributed by atoms with Crippen LogP contribution in [0.3, 0.4) is 0 Å². The minimum atomic E-state index is -0.204. The molecular weight excluding hydrogens is 266 g/mol. The summed E-state index contributed by atoms with van der Waals surface area (Å²) in [6, 6.07) is 0. The van der Waals surface area contributed by atoms with E-state index in [1.807, 2.05) is 20.8 Å². The van der Waals surface area contributed by atoms with E-state index in [4.69, 9.17) is 0 Å². The fraction of sp³-hybridized carbons (Fsp3) is 0.867. The predicted octanol–water partition coefficient (Wildman–Crippen LogP) is 0.552. The number of aliphatic imine (C=N–C) groups is 1. The molecule has 1 amide bonds. The lowest BCUT2D eigenvalue weighted by Crippen LogP contribution is -2.49. The summed E-state index contributed by atoms with van der Waals surface area (Å²) in [7, 11) is 1.72. The lowest BCUT2D eigenvalue weighted by molar-refractivity contribution is -0.121. The van der Waals surface area contributed by atoms with Crippen LogP contribution in [0.5, 0.6) is 0 Å². The number of hydrogen-bond donors (Lipinski definition) is 3. The van der Waals surface area contributed by atoms with Gasteiger partial charge in [-0.05, 0) is 46.7 Å². The van der Waals surface area contributed by atoms with Gasteiger partial charge in [-0.1, -0.05) is 6.42 Å². The van der Waals surface area contributed by atoms with Crippen LogP contribution in [0.2, 0.25) is 0 Å². The van der Waals surface area contributed by atoms with Gasteiger partial charge in [0.15, 0.2) is 5.96 Å². The Bertz CT molecular complexity index is 342. The zero-order chi connectivity index (χ0) is 15.7. The maximum absolute atomic E-state index is 11.7. The Kier molecular flexibility index (Phi) is 7.50. The van der Waals surface area contributed by atoms with Gasteiger partial charge in [-0.25, -0.2) is 0 Å². The number of nitrogens with one attached hydrogen (secondary N) is 3. The molecule has 6 heteroatoms. The Hall–Kier alpha value is -1.30. The summed E-state index contributed by atoms with van der Waals surface area (Å²) in [5, 5.41) is 9.20. The Labute approximate surface area is 128 Å². The highest BCUT2D eigenvalue weighted by Crippen LogP contribution is 2.07. The SMILES string of the molecule is CN=C(NCCN1CCCCC1)NCC(=O)NC(C)(C)C. The summed E-state index contributed by atoms with van der Waals surface area (Å²) in [6.07, 6.45) is 3.97. The molecule has 0 spiro atoms. The highest BCUT2D eigenvalue weighted by molar-refractivity contribution is 5.86. The quantitative estimate of drug-likeness (QED) is 0.512. The first-order valence-electron chi connectivity index (χ1n) is 7.88. The number of likely N-dealkylation sites (tertiary alicyclic amines) is 1. The van der Waals surface area contributed by atoms with Crippen molar-refractivity contribution in [3.8, 4) is 0 Å². The summed E-state index contributed by atoms with van der Waals surface area (Å²) < 4.78 is 0. The third kappa shape index (κ3) is 8.55. The Balaban J connectivity index is 2.18. The van der Waals surface area contributed by atoms with Gasteiger partial charge in [-0.15, -0.1) is 0 Å². The van der Waals surface area contributed by atoms with Crippen molar-refractivity contribution in [2.75, 3.05) is 39.8 Å². The average Bonchev–Trinajstić information content (AvgIpc) is 2.42. The largest absolute Gasteiger partial charge is 0.355 e. The van der Waals surface area contributed by atoms with E-state index in [2.05, 4.69) is 25.8 Å². The fourth-order valence-electron chi connectivity index (χ4n) is 2.36. The highest BCUT2D eigenvalue weighted by Gasteiger charge is 2.14. The van der Waals surface area contributed by atoms with Gasteiger partial charge in [0.05, 0.1) is 6.54 Å². The van der Waals surface area contributed by atoms with Crippen molar-refractivity contribution in [3.05, 3.63) is 0 Å². The molecule has 1 heterocycles. The first-order valence-corrected chi connectivity index (χ1v) is 7.88. The highest BCUT2D eigenvalue weighted by atomic mass is 16.2. The van der Waals surface area contributed by atoms with Gasteiger partial charge in [0.2, 0.25) is 5.91 Å². The molecule has 0 saturated carbocycles. The van der Waals surface area contributed by atoms with Gasteiger partial charge < -0.3 is 20.9 Å². The van der Waals surface area contributed by atoms with Gasteiger partial charge in [-0.2, -0.15) is 0 Å². The third-order valence-corrected chi connectivity index (χ3v) is 3.32. The predicted molar refractivity (Wildman–Crippen MR) is 87.6 cm³/mol. The molecule has 122 valence electrons. The number of piperidine rings is 1. The Morgan fingerprint density at radius 2 is 1.81 bits per heavy atom. The van der Waals surface area contributed by atoms with Gasteiger partial charge in [0.1, 0.15) is 0 Å². The topological polar surface area (TPSA) is 68.8 Å². The van der Waals surface area contributed by atoms with E-state index in [1.165, 1.54) is 32.4 Å². The van der Waals surface area contributed by atoms with E-state index in [0.29, 0.717) is 5.96 Å². The second-order valence-corrected chi connectivity index (χ2v) is 6.55. The number of carbonyl (C=O) groups is 1. The van der Waals surface area contributed by atoms with E-state index >= 15 is 0 Å². The molecule has 0 aromatic rings. The van der Waals surface area contributed by atoms with Crippen LogP contribution in [0.15, 0.2) is 4.99 Å². The maximum atomic E-state index is 11.7. The van der Waals surface area contributed by atoms with Crippen molar-refractivity contribution in [1.29, 1.82) is 0 Å². The summed E-state index contributed by atoms with van der Waals surface area (Å²) in [5.41, 5.74) is -0.204. The maximum Gasteiger partial charge on any atom is 0.239 e. The van der Waals surface area contributed by atoms with Crippen molar-refractivity contribution in [2.45, 2.75) is 45.6 Å². The summed E-state index contributed by atoms with van der Waals surface area (Å²) in [6.45, 7) is 10.4. The average molecular weight is 297 g/mol. The smallest absolute Gasteiger partial charge is 0.239 e. The zero-order valence-corrected chi connectivity index (χ0v) is 14.0.